The molecular weight excluding hydrogens is 249 g/mol. The van der Waals surface area contributed by atoms with Crippen LogP contribution in [-0.2, 0) is 13.6 Å². The Morgan fingerprint density at radius 1 is 1.39 bits per heavy atom. The fraction of sp³-hybridized carbons (Fsp3) is 0.364. The van der Waals surface area contributed by atoms with Gasteiger partial charge in [0.1, 0.15) is 0 Å². The standard InChI is InChI=1S/C11H11F3N2O2/c1-16-8-4-7(5-15-6-11(12,13)14)2-3-9(8)18-10(16)17/h2-4,15H,5-6H2,1H3. The molecule has 0 bridgehead atoms. The molecule has 0 radical (unpaired) electrons. The van der Waals surface area contributed by atoms with E-state index in [2.05, 4.69) is 5.32 Å². The van der Waals surface area contributed by atoms with Gasteiger partial charge in [0.25, 0.3) is 0 Å². The molecule has 2 rings (SSSR count). The van der Waals surface area contributed by atoms with E-state index in [4.69, 9.17) is 4.42 Å². The van der Waals surface area contributed by atoms with Gasteiger partial charge in [0.05, 0.1) is 12.1 Å². The first-order valence-electron chi connectivity index (χ1n) is 5.23. The number of fused-ring (bicyclic) bond motifs is 1. The largest absolute Gasteiger partial charge is 0.419 e. The van der Waals surface area contributed by atoms with Gasteiger partial charge in [-0.15, -0.1) is 0 Å². The summed E-state index contributed by atoms with van der Waals surface area (Å²) in [5, 5.41) is 2.29. The fourth-order valence-electron chi connectivity index (χ4n) is 1.63. The average Bonchev–Trinajstić information content (AvgIpc) is 2.54. The molecule has 4 nitrogen and oxygen atoms in total. The molecule has 7 heteroatoms. The summed E-state index contributed by atoms with van der Waals surface area (Å²) in [7, 11) is 1.54. The van der Waals surface area contributed by atoms with Gasteiger partial charge in [-0.25, -0.2) is 4.79 Å². The number of alkyl halides is 3. The number of nitrogens with one attached hydrogen (secondary N) is 1. The van der Waals surface area contributed by atoms with Crippen LogP contribution in [0.25, 0.3) is 11.1 Å². The Bertz CT molecular complexity index is 613. The van der Waals surface area contributed by atoms with E-state index < -0.39 is 18.5 Å². The van der Waals surface area contributed by atoms with Crippen LogP contribution in [0.4, 0.5) is 13.2 Å². The monoisotopic (exact) mass is 260 g/mol. The second-order valence-electron chi connectivity index (χ2n) is 3.95. The van der Waals surface area contributed by atoms with E-state index in [9.17, 15) is 18.0 Å². The fourth-order valence-corrected chi connectivity index (χ4v) is 1.63. The molecule has 98 valence electrons. The predicted molar refractivity (Wildman–Crippen MR) is 59.2 cm³/mol. The molecule has 1 N–H and O–H groups in total. The Morgan fingerprint density at radius 3 is 2.78 bits per heavy atom. The molecule has 0 unspecified atom stereocenters. The topological polar surface area (TPSA) is 47.2 Å². The number of hydrogen-bond donors (Lipinski definition) is 1. The highest BCUT2D eigenvalue weighted by atomic mass is 19.4. The molecule has 0 spiro atoms. The van der Waals surface area contributed by atoms with E-state index in [1.807, 2.05) is 0 Å². The van der Waals surface area contributed by atoms with Gasteiger partial charge in [-0.05, 0) is 17.7 Å². The number of hydrogen-bond acceptors (Lipinski definition) is 3. The van der Waals surface area contributed by atoms with Crippen molar-refractivity contribution in [3.63, 3.8) is 0 Å². The van der Waals surface area contributed by atoms with E-state index >= 15 is 0 Å². The Hall–Kier alpha value is -1.76. The van der Waals surface area contributed by atoms with Gasteiger partial charge in [0.15, 0.2) is 5.58 Å². The minimum atomic E-state index is -4.23. The predicted octanol–water partition coefficient (Wildman–Crippen LogP) is 1.78. The quantitative estimate of drug-likeness (QED) is 0.915. The molecule has 1 aromatic heterocycles. The van der Waals surface area contributed by atoms with E-state index in [1.54, 1.807) is 25.2 Å². The van der Waals surface area contributed by atoms with E-state index in [0.29, 0.717) is 16.7 Å². The maximum Gasteiger partial charge on any atom is 0.419 e. The molecule has 0 aliphatic heterocycles. The molecular formula is C11H11F3N2O2. The van der Waals surface area contributed by atoms with Crippen molar-refractivity contribution in [2.75, 3.05) is 6.54 Å². The van der Waals surface area contributed by atoms with E-state index in [0.717, 1.165) is 0 Å². The molecule has 2 aromatic rings. The van der Waals surface area contributed by atoms with Crippen LogP contribution in [0, 0.1) is 0 Å². The van der Waals surface area contributed by atoms with Crippen molar-refractivity contribution in [3.05, 3.63) is 34.3 Å². The summed E-state index contributed by atoms with van der Waals surface area (Å²) < 4.78 is 42.1. The lowest BCUT2D eigenvalue weighted by Crippen LogP contribution is -2.28. The lowest BCUT2D eigenvalue weighted by Gasteiger charge is -2.08. The SMILES string of the molecule is Cn1c(=O)oc2ccc(CNCC(F)(F)F)cc21. The van der Waals surface area contributed by atoms with Gasteiger partial charge in [0, 0.05) is 13.6 Å². The summed E-state index contributed by atoms with van der Waals surface area (Å²) in [4.78, 5) is 11.2. The minimum Gasteiger partial charge on any atom is -0.408 e. The van der Waals surface area contributed by atoms with Crippen molar-refractivity contribution in [2.24, 2.45) is 7.05 Å². The molecule has 0 aliphatic rings. The van der Waals surface area contributed by atoms with Crippen LogP contribution < -0.4 is 11.1 Å². The molecule has 18 heavy (non-hydrogen) atoms. The first-order chi connectivity index (χ1) is 8.37. The number of rotatable bonds is 3. The zero-order valence-corrected chi connectivity index (χ0v) is 9.54. The number of nitrogens with zero attached hydrogens (tertiary/aromatic N) is 1. The Morgan fingerprint density at radius 2 is 2.11 bits per heavy atom. The summed E-state index contributed by atoms with van der Waals surface area (Å²) >= 11 is 0. The second-order valence-corrected chi connectivity index (χ2v) is 3.95. The van der Waals surface area contributed by atoms with Crippen LogP contribution in [0.15, 0.2) is 27.4 Å². The van der Waals surface area contributed by atoms with Crippen LogP contribution in [0.2, 0.25) is 0 Å². The highest BCUT2D eigenvalue weighted by Crippen LogP contribution is 2.15. The van der Waals surface area contributed by atoms with Gasteiger partial charge in [-0.2, -0.15) is 13.2 Å². The zero-order chi connectivity index (χ0) is 13.3. The maximum absolute atomic E-state index is 12.0. The molecule has 0 fully saturated rings. The molecule has 0 atom stereocenters. The molecule has 0 aliphatic carbocycles. The number of benzene rings is 1. The Kier molecular flexibility index (Phi) is 3.16. The van der Waals surface area contributed by atoms with E-state index in [1.165, 1.54) is 4.57 Å². The number of aryl methyl sites for hydroxylation is 1. The Balaban J connectivity index is 2.15. The van der Waals surface area contributed by atoms with Gasteiger partial charge in [0.2, 0.25) is 0 Å². The summed E-state index contributed by atoms with van der Waals surface area (Å²) in [6.07, 6.45) is -4.23. The lowest BCUT2D eigenvalue weighted by atomic mass is 10.2. The summed E-state index contributed by atoms with van der Waals surface area (Å²) in [6.45, 7) is -0.968. The molecule has 1 aromatic carbocycles. The van der Waals surface area contributed by atoms with Crippen LogP contribution in [-0.4, -0.2) is 17.3 Å². The smallest absolute Gasteiger partial charge is 0.408 e. The van der Waals surface area contributed by atoms with Crippen LogP contribution in [0.3, 0.4) is 0 Å². The summed E-state index contributed by atoms with van der Waals surface area (Å²) in [5.74, 6) is -0.495. The third kappa shape index (κ3) is 2.73. The number of oxazole rings is 1. The number of halogens is 3. The maximum atomic E-state index is 12.0. The minimum absolute atomic E-state index is 0.0782. The highest BCUT2D eigenvalue weighted by molar-refractivity contribution is 5.73. The van der Waals surface area contributed by atoms with Crippen molar-refractivity contribution in [2.45, 2.75) is 12.7 Å². The first kappa shape index (κ1) is 12.7. The molecule has 0 saturated carbocycles. The lowest BCUT2D eigenvalue weighted by molar-refractivity contribution is -0.125. The van der Waals surface area contributed by atoms with Crippen LogP contribution in [0.1, 0.15) is 5.56 Å². The average molecular weight is 260 g/mol. The van der Waals surface area contributed by atoms with Gasteiger partial charge in [-0.1, -0.05) is 6.07 Å². The van der Waals surface area contributed by atoms with Crippen molar-refractivity contribution >= 4 is 11.1 Å². The van der Waals surface area contributed by atoms with Crippen molar-refractivity contribution < 1.29 is 17.6 Å². The summed E-state index contributed by atoms with van der Waals surface area (Å²) in [6, 6.07) is 4.82. The third-order valence-corrected chi connectivity index (χ3v) is 2.51. The van der Waals surface area contributed by atoms with Crippen LogP contribution >= 0.6 is 0 Å². The number of aromatic nitrogens is 1. The van der Waals surface area contributed by atoms with E-state index in [-0.39, 0.29) is 6.54 Å². The van der Waals surface area contributed by atoms with Gasteiger partial charge < -0.3 is 9.73 Å². The van der Waals surface area contributed by atoms with Crippen LogP contribution in [0.5, 0.6) is 0 Å². The normalized spacial score (nSPS) is 12.2. The van der Waals surface area contributed by atoms with Crippen molar-refractivity contribution in [1.29, 1.82) is 0 Å². The van der Waals surface area contributed by atoms with Gasteiger partial charge in [-0.3, -0.25) is 4.57 Å². The molecule has 0 amide bonds. The molecule has 0 saturated heterocycles. The van der Waals surface area contributed by atoms with Crippen molar-refractivity contribution in [3.8, 4) is 0 Å². The van der Waals surface area contributed by atoms with Gasteiger partial charge >= 0.3 is 11.9 Å². The molecule has 1 heterocycles. The highest BCUT2D eigenvalue weighted by Gasteiger charge is 2.26. The zero-order valence-electron chi connectivity index (χ0n) is 9.54. The van der Waals surface area contributed by atoms with Crippen molar-refractivity contribution in [1.82, 2.24) is 9.88 Å². The Labute approximate surface area is 100 Å². The summed E-state index contributed by atoms with van der Waals surface area (Å²) in [5.41, 5.74) is 1.64. The first-order valence-corrected chi connectivity index (χ1v) is 5.23. The third-order valence-electron chi connectivity index (χ3n) is 2.51. The second kappa shape index (κ2) is 4.49.